The van der Waals surface area contributed by atoms with Gasteiger partial charge in [-0.25, -0.2) is 0 Å². The Morgan fingerprint density at radius 1 is 1.20 bits per heavy atom. The first-order chi connectivity index (χ1) is 9.56. The van der Waals surface area contributed by atoms with Gasteiger partial charge in [-0.1, -0.05) is 38.1 Å². The molecule has 2 aliphatic rings. The van der Waals surface area contributed by atoms with Crippen LogP contribution in [0.1, 0.15) is 63.1 Å². The molecular formula is C18H27NO. The van der Waals surface area contributed by atoms with E-state index in [-0.39, 0.29) is 6.10 Å². The van der Waals surface area contributed by atoms with Crippen LogP contribution in [0.5, 0.6) is 0 Å². The highest BCUT2D eigenvalue weighted by Crippen LogP contribution is 2.41. The predicted octanol–water partition coefficient (Wildman–Crippen LogP) is 3.55. The molecule has 0 heterocycles. The van der Waals surface area contributed by atoms with Crippen LogP contribution in [0.15, 0.2) is 24.3 Å². The third-order valence-corrected chi connectivity index (χ3v) is 5.29. The van der Waals surface area contributed by atoms with Crippen LogP contribution in [0.2, 0.25) is 0 Å². The van der Waals surface area contributed by atoms with Crippen LogP contribution in [0.4, 0.5) is 0 Å². The van der Waals surface area contributed by atoms with Crippen LogP contribution in [-0.2, 0) is 5.41 Å². The van der Waals surface area contributed by atoms with Crippen molar-refractivity contribution in [2.75, 3.05) is 6.54 Å². The molecule has 1 aromatic carbocycles. The van der Waals surface area contributed by atoms with Crippen molar-refractivity contribution in [1.29, 1.82) is 0 Å². The second-order valence-corrected chi connectivity index (χ2v) is 7.30. The lowest BCUT2D eigenvalue weighted by Crippen LogP contribution is -2.34. The van der Waals surface area contributed by atoms with Gasteiger partial charge in [-0.05, 0) is 61.1 Å². The molecule has 0 radical (unpaired) electrons. The van der Waals surface area contributed by atoms with E-state index in [1.165, 1.54) is 30.4 Å². The van der Waals surface area contributed by atoms with Gasteiger partial charge in [0.2, 0.25) is 0 Å². The van der Waals surface area contributed by atoms with Crippen LogP contribution >= 0.6 is 0 Å². The monoisotopic (exact) mass is 273 g/mol. The molecule has 0 spiro atoms. The zero-order chi connectivity index (χ0) is 14.2. The van der Waals surface area contributed by atoms with Crippen LogP contribution in [0.25, 0.3) is 0 Å². The Balaban J connectivity index is 1.69. The summed E-state index contributed by atoms with van der Waals surface area (Å²) in [5, 5.41) is 13.4. The van der Waals surface area contributed by atoms with E-state index in [4.69, 9.17) is 0 Å². The molecule has 0 aromatic heterocycles. The summed E-state index contributed by atoms with van der Waals surface area (Å²) in [6.07, 6.45) is 5.55. The number of fused-ring (bicyclic) bond motifs is 1. The van der Waals surface area contributed by atoms with Gasteiger partial charge in [0.1, 0.15) is 0 Å². The average molecular weight is 273 g/mol. The van der Waals surface area contributed by atoms with E-state index >= 15 is 0 Å². The summed E-state index contributed by atoms with van der Waals surface area (Å²) in [4.78, 5) is 0. The molecule has 0 aliphatic heterocycles. The Bertz CT molecular complexity index is 468. The number of aliphatic hydroxyl groups is 1. The van der Waals surface area contributed by atoms with Crippen molar-refractivity contribution in [3.05, 3.63) is 35.4 Å². The topological polar surface area (TPSA) is 32.3 Å². The second-order valence-electron chi connectivity index (χ2n) is 7.30. The summed E-state index contributed by atoms with van der Waals surface area (Å²) in [5.74, 6) is 0.659. The number of rotatable bonds is 3. The van der Waals surface area contributed by atoms with Crippen LogP contribution in [0.3, 0.4) is 0 Å². The van der Waals surface area contributed by atoms with Crippen molar-refractivity contribution in [1.82, 2.24) is 5.32 Å². The molecule has 3 rings (SSSR count). The molecule has 0 saturated heterocycles. The normalized spacial score (nSPS) is 32.0. The summed E-state index contributed by atoms with van der Waals surface area (Å²) >= 11 is 0. The zero-order valence-electron chi connectivity index (χ0n) is 12.7. The van der Waals surface area contributed by atoms with Gasteiger partial charge in [-0.15, -0.1) is 0 Å². The van der Waals surface area contributed by atoms with Crippen molar-refractivity contribution in [2.24, 2.45) is 5.92 Å². The van der Waals surface area contributed by atoms with E-state index in [1.54, 1.807) is 0 Å². The highest BCUT2D eigenvalue weighted by Gasteiger charge is 2.32. The lowest BCUT2D eigenvalue weighted by molar-refractivity contribution is 0.177. The molecule has 110 valence electrons. The maximum absolute atomic E-state index is 9.64. The molecule has 2 aliphatic carbocycles. The Hall–Kier alpha value is -0.860. The molecular weight excluding hydrogens is 246 g/mol. The standard InChI is InChI=1S/C18H27NO/c1-18(2)10-9-17(15-5-3-4-6-16(15)18)19-12-13-7-8-14(20)11-13/h3-6,13-14,17,19-20H,7-12H2,1-2H3. The minimum atomic E-state index is -0.0561. The molecule has 0 amide bonds. The molecule has 0 bridgehead atoms. The van der Waals surface area contributed by atoms with Gasteiger partial charge in [0.25, 0.3) is 0 Å². The number of hydrogen-bond donors (Lipinski definition) is 2. The van der Waals surface area contributed by atoms with Gasteiger partial charge >= 0.3 is 0 Å². The molecule has 2 nitrogen and oxygen atoms in total. The van der Waals surface area contributed by atoms with Gasteiger partial charge < -0.3 is 10.4 Å². The molecule has 20 heavy (non-hydrogen) atoms. The third kappa shape index (κ3) is 2.77. The highest BCUT2D eigenvalue weighted by atomic mass is 16.3. The van der Waals surface area contributed by atoms with E-state index in [0.717, 1.165) is 19.4 Å². The Morgan fingerprint density at radius 3 is 2.75 bits per heavy atom. The van der Waals surface area contributed by atoms with Crippen molar-refractivity contribution in [3.8, 4) is 0 Å². The van der Waals surface area contributed by atoms with E-state index in [0.29, 0.717) is 17.4 Å². The summed E-state index contributed by atoms with van der Waals surface area (Å²) in [5.41, 5.74) is 3.30. The third-order valence-electron chi connectivity index (χ3n) is 5.29. The first-order valence-corrected chi connectivity index (χ1v) is 8.07. The van der Waals surface area contributed by atoms with Gasteiger partial charge in [-0.3, -0.25) is 0 Å². The summed E-state index contributed by atoms with van der Waals surface area (Å²) in [6.45, 7) is 5.77. The van der Waals surface area contributed by atoms with Crippen molar-refractivity contribution >= 4 is 0 Å². The molecule has 3 atom stereocenters. The van der Waals surface area contributed by atoms with Crippen molar-refractivity contribution in [3.63, 3.8) is 0 Å². The number of benzene rings is 1. The van der Waals surface area contributed by atoms with Crippen LogP contribution < -0.4 is 5.32 Å². The zero-order valence-corrected chi connectivity index (χ0v) is 12.7. The quantitative estimate of drug-likeness (QED) is 0.882. The lowest BCUT2D eigenvalue weighted by Gasteiger charge is -2.37. The van der Waals surface area contributed by atoms with Gasteiger partial charge in [0, 0.05) is 6.04 Å². The van der Waals surface area contributed by atoms with Crippen LogP contribution in [-0.4, -0.2) is 17.8 Å². The fourth-order valence-electron chi connectivity index (χ4n) is 3.97. The molecule has 2 N–H and O–H groups in total. The highest BCUT2D eigenvalue weighted by molar-refractivity contribution is 5.38. The molecule has 1 saturated carbocycles. The van der Waals surface area contributed by atoms with E-state index in [1.807, 2.05) is 0 Å². The van der Waals surface area contributed by atoms with Crippen molar-refractivity contribution < 1.29 is 5.11 Å². The number of aliphatic hydroxyl groups excluding tert-OH is 1. The number of hydrogen-bond acceptors (Lipinski definition) is 2. The fraction of sp³-hybridized carbons (Fsp3) is 0.667. The molecule has 1 aromatic rings. The SMILES string of the molecule is CC1(C)CCC(NCC2CCC(O)C2)c2ccccc21. The fourth-order valence-corrected chi connectivity index (χ4v) is 3.97. The van der Waals surface area contributed by atoms with Gasteiger partial charge in [0.05, 0.1) is 6.10 Å². The average Bonchev–Trinajstić information content (AvgIpc) is 2.84. The predicted molar refractivity (Wildman–Crippen MR) is 82.8 cm³/mol. The first-order valence-electron chi connectivity index (χ1n) is 8.07. The maximum atomic E-state index is 9.64. The molecule has 2 heteroatoms. The summed E-state index contributed by atoms with van der Waals surface area (Å²) in [6, 6.07) is 9.40. The lowest BCUT2D eigenvalue weighted by atomic mass is 9.71. The minimum Gasteiger partial charge on any atom is -0.393 e. The van der Waals surface area contributed by atoms with Gasteiger partial charge in [-0.2, -0.15) is 0 Å². The van der Waals surface area contributed by atoms with Gasteiger partial charge in [0.15, 0.2) is 0 Å². The Labute approximate surface area is 122 Å². The Morgan fingerprint density at radius 2 is 2.00 bits per heavy atom. The summed E-state index contributed by atoms with van der Waals surface area (Å²) < 4.78 is 0. The van der Waals surface area contributed by atoms with Crippen molar-refractivity contribution in [2.45, 2.75) is 63.5 Å². The first kappa shape index (κ1) is 14.1. The smallest absolute Gasteiger partial charge is 0.0543 e. The van der Waals surface area contributed by atoms with Crippen LogP contribution in [0, 0.1) is 5.92 Å². The minimum absolute atomic E-state index is 0.0561. The number of nitrogens with one attached hydrogen (secondary N) is 1. The Kier molecular flexibility index (Phi) is 3.87. The van der Waals surface area contributed by atoms with E-state index in [9.17, 15) is 5.11 Å². The molecule has 3 unspecified atom stereocenters. The largest absolute Gasteiger partial charge is 0.393 e. The van der Waals surface area contributed by atoms with E-state index < -0.39 is 0 Å². The maximum Gasteiger partial charge on any atom is 0.0543 e. The second kappa shape index (κ2) is 5.50. The molecule has 1 fully saturated rings. The summed E-state index contributed by atoms with van der Waals surface area (Å²) in [7, 11) is 0. The van der Waals surface area contributed by atoms with E-state index in [2.05, 4.69) is 43.4 Å².